The molecule has 1 aliphatic rings. The number of urea groups is 1. The predicted octanol–water partition coefficient (Wildman–Crippen LogP) is 5.41. The number of alkyl halides is 3. The number of nitrogens with one attached hydrogen (secondary N) is 1. The minimum Gasteiger partial charge on any atom is -0.340 e. The second kappa shape index (κ2) is 8.91. The third-order valence-corrected chi connectivity index (χ3v) is 5.35. The van der Waals surface area contributed by atoms with Crippen LogP contribution in [0.3, 0.4) is 0 Å². The molecule has 1 N–H and O–H groups in total. The average molecular weight is 458 g/mol. The van der Waals surface area contributed by atoms with Crippen molar-refractivity contribution >= 4 is 40.9 Å². The van der Waals surface area contributed by atoms with Crippen molar-refractivity contribution in [2.24, 2.45) is 0 Å². The number of imide groups is 1. The molecule has 1 saturated heterocycles. The number of aromatic nitrogens is 1. The van der Waals surface area contributed by atoms with Crippen molar-refractivity contribution in [1.29, 1.82) is 0 Å². The van der Waals surface area contributed by atoms with Gasteiger partial charge in [-0.1, -0.05) is 18.2 Å². The zero-order chi connectivity index (χ0) is 22.7. The molecule has 0 spiro atoms. The van der Waals surface area contributed by atoms with Crippen LogP contribution in [0.25, 0.3) is 0 Å². The molecule has 164 valence electrons. The SMILES string of the molecule is O=C1CN(Cc2ccnc(Nc3ccccc3)c2)C(=O)N1c1ccc(SC(F)(F)F)cc1. The number of hydrogen-bond acceptors (Lipinski definition) is 5. The van der Waals surface area contributed by atoms with Crippen LogP contribution in [-0.2, 0) is 11.3 Å². The molecule has 3 aromatic rings. The number of halogens is 3. The summed E-state index contributed by atoms with van der Waals surface area (Å²) < 4.78 is 37.5. The van der Waals surface area contributed by atoms with E-state index in [2.05, 4.69) is 10.3 Å². The number of pyridine rings is 1. The highest BCUT2D eigenvalue weighted by Crippen LogP contribution is 2.37. The molecule has 1 aromatic heterocycles. The van der Waals surface area contributed by atoms with E-state index in [0.29, 0.717) is 5.82 Å². The van der Waals surface area contributed by atoms with Gasteiger partial charge in [-0.15, -0.1) is 0 Å². The van der Waals surface area contributed by atoms with E-state index in [1.165, 1.54) is 29.2 Å². The number of carbonyl (C=O) groups is 2. The molecule has 6 nitrogen and oxygen atoms in total. The highest BCUT2D eigenvalue weighted by atomic mass is 32.2. The summed E-state index contributed by atoms with van der Waals surface area (Å²) >= 11 is -0.253. The van der Waals surface area contributed by atoms with Crippen LogP contribution < -0.4 is 10.2 Å². The van der Waals surface area contributed by atoms with Gasteiger partial charge in [0.1, 0.15) is 12.4 Å². The van der Waals surface area contributed by atoms with Gasteiger partial charge in [0.15, 0.2) is 0 Å². The Bertz CT molecular complexity index is 1120. The average Bonchev–Trinajstić information content (AvgIpc) is 3.01. The van der Waals surface area contributed by atoms with E-state index in [0.717, 1.165) is 16.2 Å². The van der Waals surface area contributed by atoms with Crippen molar-refractivity contribution in [1.82, 2.24) is 9.88 Å². The summed E-state index contributed by atoms with van der Waals surface area (Å²) in [4.78, 5) is 31.9. The first kappa shape index (κ1) is 21.7. The van der Waals surface area contributed by atoms with Crippen molar-refractivity contribution < 1.29 is 22.8 Å². The Morgan fingerprint density at radius 1 is 1.00 bits per heavy atom. The highest BCUT2D eigenvalue weighted by molar-refractivity contribution is 8.00. The van der Waals surface area contributed by atoms with Gasteiger partial charge >= 0.3 is 11.5 Å². The van der Waals surface area contributed by atoms with Gasteiger partial charge in [0.2, 0.25) is 0 Å². The van der Waals surface area contributed by atoms with Crippen molar-refractivity contribution in [3.05, 3.63) is 78.5 Å². The molecular formula is C22H17F3N4O2S. The van der Waals surface area contributed by atoms with Crippen LogP contribution in [-0.4, -0.2) is 33.9 Å². The van der Waals surface area contributed by atoms with Gasteiger partial charge in [-0.05, 0) is 65.9 Å². The Kier molecular flexibility index (Phi) is 6.04. The van der Waals surface area contributed by atoms with Crippen LogP contribution in [0.5, 0.6) is 0 Å². The summed E-state index contributed by atoms with van der Waals surface area (Å²) in [7, 11) is 0. The maximum Gasteiger partial charge on any atom is 0.446 e. The summed E-state index contributed by atoms with van der Waals surface area (Å²) in [5.74, 6) is 0.157. The summed E-state index contributed by atoms with van der Waals surface area (Å²) in [6, 6.07) is 17.6. The third-order valence-electron chi connectivity index (χ3n) is 4.61. The number of thioether (sulfide) groups is 1. The lowest BCUT2D eigenvalue weighted by atomic mass is 10.2. The molecule has 0 bridgehead atoms. The minimum absolute atomic E-state index is 0.0209. The molecule has 0 unspecified atom stereocenters. The first-order valence-corrected chi connectivity index (χ1v) is 10.3. The van der Waals surface area contributed by atoms with Gasteiger partial charge in [-0.3, -0.25) is 4.79 Å². The minimum atomic E-state index is -4.41. The maximum absolute atomic E-state index is 12.8. The molecule has 2 heterocycles. The van der Waals surface area contributed by atoms with Crippen molar-refractivity contribution in [2.45, 2.75) is 16.9 Å². The fourth-order valence-electron chi connectivity index (χ4n) is 3.26. The first-order valence-electron chi connectivity index (χ1n) is 9.53. The van der Waals surface area contributed by atoms with Crippen LogP contribution in [0.1, 0.15) is 5.56 Å². The summed E-state index contributed by atoms with van der Waals surface area (Å²) in [5.41, 5.74) is -2.53. The van der Waals surface area contributed by atoms with E-state index in [1.54, 1.807) is 18.3 Å². The Morgan fingerprint density at radius 2 is 1.72 bits per heavy atom. The van der Waals surface area contributed by atoms with Crippen LogP contribution >= 0.6 is 11.8 Å². The van der Waals surface area contributed by atoms with Crippen LogP contribution in [0.2, 0.25) is 0 Å². The summed E-state index contributed by atoms with van der Waals surface area (Å²) in [5, 5.41) is 3.17. The second-order valence-corrected chi connectivity index (χ2v) is 8.09. The van der Waals surface area contributed by atoms with Gasteiger partial charge in [-0.2, -0.15) is 13.2 Å². The zero-order valence-electron chi connectivity index (χ0n) is 16.5. The van der Waals surface area contributed by atoms with Gasteiger partial charge in [0.05, 0.1) is 5.69 Å². The number of hydrogen-bond donors (Lipinski definition) is 1. The molecule has 1 fully saturated rings. The van der Waals surface area contributed by atoms with Gasteiger partial charge in [0, 0.05) is 23.3 Å². The fraction of sp³-hybridized carbons (Fsp3) is 0.136. The summed E-state index contributed by atoms with van der Waals surface area (Å²) in [6.07, 6.45) is 1.61. The molecule has 0 radical (unpaired) electrons. The normalized spacial score (nSPS) is 14.2. The van der Waals surface area contributed by atoms with E-state index in [1.807, 2.05) is 30.3 Å². The van der Waals surface area contributed by atoms with E-state index < -0.39 is 17.4 Å². The van der Waals surface area contributed by atoms with Crippen LogP contribution in [0.15, 0.2) is 77.8 Å². The molecule has 10 heteroatoms. The Morgan fingerprint density at radius 3 is 2.41 bits per heavy atom. The van der Waals surface area contributed by atoms with Crippen LogP contribution in [0.4, 0.5) is 35.2 Å². The van der Waals surface area contributed by atoms with E-state index in [9.17, 15) is 22.8 Å². The van der Waals surface area contributed by atoms with E-state index in [4.69, 9.17) is 0 Å². The first-order chi connectivity index (χ1) is 15.3. The van der Waals surface area contributed by atoms with Crippen LogP contribution in [0, 0.1) is 0 Å². The molecule has 1 aliphatic heterocycles. The number of rotatable bonds is 6. The quantitative estimate of drug-likeness (QED) is 0.396. The van der Waals surface area contributed by atoms with Gasteiger partial charge in [0.25, 0.3) is 5.91 Å². The van der Waals surface area contributed by atoms with E-state index >= 15 is 0 Å². The molecule has 2 aromatic carbocycles. The Hall–Kier alpha value is -3.53. The van der Waals surface area contributed by atoms with Crippen molar-refractivity contribution in [3.8, 4) is 0 Å². The van der Waals surface area contributed by atoms with Gasteiger partial charge in [-0.25, -0.2) is 14.7 Å². The van der Waals surface area contributed by atoms with E-state index in [-0.39, 0.29) is 35.4 Å². The molecule has 0 atom stereocenters. The standard InChI is InChI=1S/C22H17F3N4O2S/c23-22(24,25)32-18-8-6-17(7-9-18)29-20(30)14-28(21(29)31)13-15-10-11-26-19(12-15)27-16-4-2-1-3-5-16/h1-12H,13-14H2,(H,26,27). The maximum atomic E-state index is 12.8. The molecule has 32 heavy (non-hydrogen) atoms. The molecule has 0 aliphatic carbocycles. The smallest absolute Gasteiger partial charge is 0.340 e. The second-order valence-electron chi connectivity index (χ2n) is 6.95. The number of carbonyl (C=O) groups excluding carboxylic acids is 2. The predicted molar refractivity (Wildman–Crippen MR) is 116 cm³/mol. The third kappa shape index (κ3) is 5.20. The summed E-state index contributed by atoms with van der Waals surface area (Å²) in [6.45, 7) is 0.0662. The van der Waals surface area contributed by atoms with Gasteiger partial charge < -0.3 is 10.2 Å². The lowest BCUT2D eigenvalue weighted by Gasteiger charge is -2.18. The largest absolute Gasteiger partial charge is 0.446 e. The molecular weight excluding hydrogens is 441 g/mol. The molecule has 3 amide bonds. The Labute approximate surface area is 186 Å². The zero-order valence-corrected chi connectivity index (χ0v) is 17.4. The number of amides is 3. The number of nitrogens with zero attached hydrogens (tertiary/aromatic N) is 3. The lowest BCUT2D eigenvalue weighted by Crippen LogP contribution is -2.32. The lowest BCUT2D eigenvalue weighted by molar-refractivity contribution is -0.116. The number of benzene rings is 2. The highest BCUT2D eigenvalue weighted by Gasteiger charge is 2.37. The van der Waals surface area contributed by atoms with Crippen molar-refractivity contribution in [3.63, 3.8) is 0 Å². The molecule has 4 rings (SSSR count). The fourth-order valence-corrected chi connectivity index (χ4v) is 3.79. The van der Waals surface area contributed by atoms with Crippen molar-refractivity contribution in [2.75, 3.05) is 16.8 Å². The number of anilines is 3. The topological polar surface area (TPSA) is 65.5 Å². The Balaban J connectivity index is 1.45. The monoisotopic (exact) mass is 458 g/mol. The molecule has 0 saturated carbocycles. The number of para-hydroxylation sites is 1.